The van der Waals surface area contributed by atoms with Gasteiger partial charge in [0.1, 0.15) is 11.5 Å². The van der Waals surface area contributed by atoms with Crippen LogP contribution in [0.3, 0.4) is 0 Å². The summed E-state index contributed by atoms with van der Waals surface area (Å²) in [4.78, 5) is 20.9. The van der Waals surface area contributed by atoms with E-state index < -0.39 is 0 Å². The molecule has 2 N–H and O–H groups in total. The quantitative estimate of drug-likeness (QED) is 0.688. The summed E-state index contributed by atoms with van der Waals surface area (Å²) in [5, 5.41) is 12.3. The van der Waals surface area contributed by atoms with Gasteiger partial charge in [-0.2, -0.15) is 0 Å². The summed E-state index contributed by atoms with van der Waals surface area (Å²) < 4.78 is 5.66. The van der Waals surface area contributed by atoms with Crippen molar-refractivity contribution < 1.29 is 14.6 Å². The molecule has 1 amide bonds. The molecule has 6 nitrogen and oxygen atoms in total. The number of amides is 1. The largest absolute Gasteiger partial charge is 0.508 e. The van der Waals surface area contributed by atoms with Crippen LogP contribution in [0.1, 0.15) is 24.2 Å². The average Bonchev–Trinajstić information content (AvgIpc) is 2.67. The second-order valence-corrected chi connectivity index (χ2v) is 6.53. The number of hydrogen-bond acceptors (Lipinski definition) is 5. The lowest BCUT2D eigenvalue weighted by Crippen LogP contribution is -2.13. The number of rotatable bonds is 6. The molecular weight excluding hydrogens is 342 g/mol. The molecule has 6 heteroatoms. The van der Waals surface area contributed by atoms with Gasteiger partial charge in [-0.25, -0.2) is 9.97 Å². The summed E-state index contributed by atoms with van der Waals surface area (Å²) in [5.74, 6) is 1.41. The van der Waals surface area contributed by atoms with Crippen molar-refractivity contribution in [2.45, 2.75) is 13.8 Å². The Morgan fingerprint density at radius 1 is 1.11 bits per heavy atom. The van der Waals surface area contributed by atoms with E-state index in [0.717, 1.165) is 0 Å². The van der Waals surface area contributed by atoms with Crippen molar-refractivity contribution in [3.05, 3.63) is 66.5 Å². The van der Waals surface area contributed by atoms with Crippen molar-refractivity contribution in [3.8, 4) is 22.9 Å². The van der Waals surface area contributed by atoms with Crippen LogP contribution in [-0.4, -0.2) is 27.6 Å². The highest BCUT2D eigenvalue weighted by atomic mass is 16.5. The number of anilines is 1. The average molecular weight is 363 g/mol. The maximum atomic E-state index is 12.4. The van der Waals surface area contributed by atoms with Crippen LogP contribution in [0.15, 0.2) is 60.9 Å². The summed E-state index contributed by atoms with van der Waals surface area (Å²) in [6.45, 7) is 4.73. The molecule has 3 rings (SSSR count). The molecule has 2 aromatic carbocycles. The molecule has 0 aliphatic rings. The van der Waals surface area contributed by atoms with E-state index in [0.29, 0.717) is 40.9 Å². The molecule has 27 heavy (non-hydrogen) atoms. The van der Waals surface area contributed by atoms with Crippen LogP contribution in [0.25, 0.3) is 11.4 Å². The van der Waals surface area contributed by atoms with E-state index in [9.17, 15) is 9.90 Å². The van der Waals surface area contributed by atoms with Crippen molar-refractivity contribution in [3.63, 3.8) is 0 Å². The molecule has 0 bridgehead atoms. The minimum atomic E-state index is -0.265. The van der Waals surface area contributed by atoms with Crippen LogP contribution < -0.4 is 10.1 Å². The summed E-state index contributed by atoms with van der Waals surface area (Å²) >= 11 is 0. The predicted octanol–water partition coefficient (Wildman–Crippen LogP) is 4.14. The van der Waals surface area contributed by atoms with E-state index in [1.807, 2.05) is 6.07 Å². The Balaban J connectivity index is 1.68. The second-order valence-electron chi connectivity index (χ2n) is 6.53. The first-order valence-electron chi connectivity index (χ1n) is 8.67. The standard InChI is InChI=1S/C21H21N3O3/c1-14(2)13-27-19-8-4-6-16(10-19)21(26)24-17-11-22-20(23-12-17)15-5-3-7-18(25)9-15/h3-12,14,25H,13H2,1-2H3,(H,24,26). The topological polar surface area (TPSA) is 84.3 Å². The molecule has 0 unspecified atom stereocenters. The summed E-state index contributed by atoms with van der Waals surface area (Å²) in [5.41, 5.74) is 1.67. The van der Waals surface area contributed by atoms with E-state index in [2.05, 4.69) is 29.1 Å². The number of phenols is 1. The smallest absolute Gasteiger partial charge is 0.255 e. The Hall–Kier alpha value is -3.41. The number of aromatic hydroxyl groups is 1. The van der Waals surface area contributed by atoms with E-state index in [1.165, 1.54) is 12.4 Å². The lowest BCUT2D eigenvalue weighted by Gasteiger charge is -2.10. The van der Waals surface area contributed by atoms with Gasteiger partial charge >= 0.3 is 0 Å². The third-order valence-electron chi connectivity index (χ3n) is 3.69. The molecule has 1 heterocycles. The first kappa shape index (κ1) is 18.4. The molecule has 3 aromatic rings. The van der Waals surface area contributed by atoms with E-state index in [1.54, 1.807) is 42.5 Å². The molecule has 0 atom stereocenters. The number of ether oxygens (including phenoxy) is 1. The lowest BCUT2D eigenvalue weighted by molar-refractivity contribution is 0.102. The Morgan fingerprint density at radius 3 is 2.56 bits per heavy atom. The van der Waals surface area contributed by atoms with E-state index in [4.69, 9.17) is 4.74 Å². The third kappa shape index (κ3) is 5.04. The van der Waals surface area contributed by atoms with Crippen molar-refractivity contribution in [1.29, 1.82) is 0 Å². The summed E-state index contributed by atoms with van der Waals surface area (Å²) in [6, 6.07) is 13.7. The Bertz CT molecular complexity index is 924. The van der Waals surface area contributed by atoms with E-state index in [-0.39, 0.29) is 11.7 Å². The SMILES string of the molecule is CC(C)COc1cccc(C(=O)Nc2cnc(-c3cccc(O)c3)nc2)c1. The Morgan fingerprint density at radius 2 is 1.85 bits per heavy atom. The maximum absolute atomic E-state index is 12.4. The molecule has 0 saturated heterocycles. The number of nitrogens with one attached hydrogen (secondary N) is 1. The van der Waals surface area contributed by atoms with Crippen LogP contribution in [0.2, 0.25) is 0 Å². The molecular formula is C21H21N3O3. The van der Waals surface area contributed by atoms with Gasteiger partial charge in [0, 0.05) is 11.1 Å². The number of benzene rings is 2. The van der Waals surface area contributed by atoms with Crippen molar-refractivity contribution in [2.75, 3.05) is 11.9 Å². The molecule has 0 aliphatic carbocycles. The van der Waals surface area contributed by atoms with Crippen molar-refractivity contribution >= 4 is 11.6 Å². The van der Waals surface area contributed by atoms with Crippen LogP contribution in [-0.2, 0) is 0 Å². The third-order valence-corrected chi connectivity index (χ3v) is 3.69. The molecule has 0 saturated carbocycles. The number of nitrogens with zero attached hydrogens (tertiary/aromatic N) is 2. The molecule has 138 valence electrons. The zero-order valence-electron chi connectivity index (χ0n) is 15.2. The highest BCUT2D eigenvalue weighted by Gasteiger charge is 2.09. The van der Waals surface area contributed by atoms with Crippen LogP contribution >= 0.6 is 0 Å². The monoisotopic (exact) mass is 363 g/mol. The molecule has 0 fully saturated rings. The molecule has 0 spiro atoms. The van der Waals surface area contributed by atoms with Gasteiger partial charge in [0.15, 0.2) is 5.82 Å². The van der Waals surface area contributed by atoms with Gasteiger partial charge in [-0.3, -0.25) is 4.79 Å². The van der Waals surface area contributed by atoms with Gasteiger partial charge in [0.2, 0.25) is 0 Å². The van der Waals surface area contributed by atoms with Gasteiger partial charge in [0.05, 0.1) is 24.7 Å². The predicted molar refractivity (Wildman–Crippen MR) is 104 cm³/mol. The van der Waals surface area contributed by atoms with Gasteiger partial charge in [-0.15, -0.1) is 0 Å². The van der Waals surface area contributed by atoms with Gasteiger partial charge in [0.25, 0.3) is 5.91 Å². The summed E-state index contributed by atoms with van der Waals surface area (Å²) in [7, 11) is 0. The number of carbonyl (C=O) groups is 1. The lowest BCUT2D eigenvalue weighted by atomic mass is 10.2. The van der Waals surface area contributed by atoms with Crippen molar-refractivity contribution in [1.82, 2.24) is 9.97 Å². The number of phenolic OH excluding ortho intramolecular Hbond substituents is 1. The zero-order chi connectivity index (χ0) is 19.2. The van der Waals surface area contributed by atoms with Gasteiger partial charge < -0.3 is 15.2 Å². The first-order valence-corrected chi connectivity index (χ1v) is 8.67. The Kier molecular flexibility index (Phi) is 5.66. The molecule has 0 aliphatic heterocycles. The fraction of sp³-hybridized carbons (Fsp3) is 0.190. The fourth-order valence-electron chi connectivity index (χ4n) is 2.38. The second kappa shape index (κ2) is 8.31. The zero-order valence-corrected chi connectivity index (χ0v) is 15.2. The van der Waals surface area contributed by atoms with Crippen LogP contribution in [0.5, 0.6) is 11.5 Å². The Labute approximate surface area is 157 Å². The molecule has 1 aromatic heterocycles. The highest BCUT2D eigenvalue weighted by Crippen LogP contribution is 2.21. The number of aromatic nitrogens is 2. The molecule has 0 radical (unpaired) electrons. The minimum absolute atomic E-state index is 0.146. The maximum Gasteiger partial charge on any atom is 0.255 e. The minimum Gasteiger partial charge on any atom is -0.508 e. The normalized spacial score (nSPS) is 10.6. The summed E-state index contributed by atoms with van der Waals surface area (Å²) in [6.07, 6.45) is 3.06. The highest BCUT2D eigenvalue weighted by molar-refractivity contribution is 6.04. The van der Waals surface area contributed by atoms with Crippen LogP contribution in [0, 0.1) is 5.92 Å². The van der Waals surface area contributed by atoms with Crippen LogP contribution in [0.4, 0.5) is 5.69 Å². The van der Waals surface area contributed by atoms with Crippen molar-refractivity contribution in [2.24, 2.45) is 5.92 Å². The van der Waals surface area contributed by atoms with E-state index >= 15 is 0 Å². The fourth-order valence-corrected chi connectivity index (χ4v) is 2.38. The van der Waals surface area contributed by atoms with Gasteiger partial charge in [-0.1, -0.05) is 32.0 Å². The van der Waals surface area contributed by atoms with Gasteiger partial charge in [-0.05, 0) is 36.2 Å². The number of carbonyl (C=O) groups excluding carboxylic acids is 1. The first-order chi connectivity index (χ1) is 13.0. The number of hydrogen-bond donors (Lipinski definition) is 2.